The smallest absolute Gasteiger partial charge is 0.233 e. The third-order valence-electron chi connectivity index (χ3n) is 2.16. The molecule has 1 aliphatic heterocycles. The molecule has 0 aromatic rings. The molecule has 0 aliphatic carbocycles. The van der Waals surface area contributed by atoms with Crippen LogP contribution in [0.1, 0.15) is 6.92 Å². The van der Waals surface area contributed by atoms with Crippen molar-refractivity contribution in [2.45, 2.75) is 13.0 Å². The van der Waals surface area contributed by atoms with Crippen LogP contribution in [-0.2, 0) is 0 Å². The van der Waals surface area contributed by atoms with Gasteiger partial charge in [0.05, 0.1) is 12.6 Å². The molecule has 74 valence electrons. The fraction of sp³-hybridized carbons (Fsp3) is 0.571. The van der Waals surface area contributed by atoms with Crippen molar-refractivity contribution in [3.05, 3.63) is 12.3 Å². The van der Waals surface area contributed by atoms with Crippen LogP contribution in [0, 0.1) is 0 Å². The van der Waals surface area contributed by atoms with E-state index in [0.29, 0.717) is 19.0 Å². The first-order valence-corrected chi connectivity index (χ1v) is 4.02. The number of hydrogen-bond donors (Lipinski definition) is 3. The second-order valence-electron chi connectivity index (χ2n) is 2.98. The number of hydrazone groups is 1. The van der Waals surface area contributed by atoms with E-state index in [4.69, 9.17) is 11.7 Å². The highest BCUT2D eigenvalue weighted by Crippen LogP contribution is 2.12. The van der Waals surface area contributed by atoms with Crippen molar-refractivity contribution in [2.75, 3.05) is 13.1 Å². The summed E-state index contributed by atoms with van der Waals surface area (Å²) < 4.78 is 0. The Bertz CT molecular complexity index is 239. The van der Waals surface area contributed by atoms with Crippen LogP contribution in [0.2, 0.25) is 0 Å². The molecule has 0 aromatic heterocycles. The van der Waals surface area contributed by atoms with Gasteiger partial charge < -0.3 is 15.8 Å². The molecule has 0 bridgehead atoms. The predicted molar refractivity (Wildman–Crippen MR) is 50.5 cm³/mol. The minimum Gasteiger partial charge on any atom is -0.511 e. The number of aliphatic hydroxyl groups excluding tert-OH is 1. The Hall–Kier alpha value is -1.43. The maximum atomic E-state index is 9.19. The maximum absolute atomic E-state index is 9.19. The van der Waals surface area contributed by atoms with Gasteiger partial charge in [-0.15, -0.1) is 5.10 Å². The fourth-order valence-corrected chi connectivity index (χ4v) is 1.28. The molecule has 0 spiro atoms. The normalized spacial score (nSPS) is 22.5. The zero-order valence-electron chi connectivity index (χ0n) is 7.64. The third kappa shape index (κ3) is 1.67. The van der Waals surface area contributed by atoms with Crippen molar-refractivity contribution in [2.24, 2.45) is 16.8 Å². The molecule has 1 aliphatic rings. The molecule has 1 fully saturated rings. The number of nitrogens with zero attached hydrogens (tertiary/aromatic N) is 3. The van der Waals surface area contributed by atoms with Crippen LogP contribution in [0.15, 0.2) is 17.4 Å². The zero-order valence-corrected chi connectivity index (χ0v) is 7.64. The molecular formula is C7H15N5O. The summed E-state index contributed by atoms with van der Waals surface area (Å²) in [6.07, 6.45) is 0. The highest BCUT2D eigenvalue weighted by Gasteiger charge is 2.29. The van der Waals surface area contributed by atoms with Crippen LogP contribution in [0.25, 0.3) is 0 Å². The molecule has 1 unspecified atom stereocenters. The Balaban J connectivity index is 2.77. The number of aliphatic hydroxyl groups is 1. The van der Waals surface area contributed by atoms with Gasteiger partial charge in [-0.1, -0.05) is 6.58 Å². The van der Waals surface area contributed by atoms with E-state index in [1.807, 2.05) is 6.92 Å². The number of nitrogens with two attached hydrogens (primary N) is 2. The van der Waals surface area contributed by atoms with Crippen molar-refractivity contribution < 1.29 is 5.11 Å². The van der Waals surface area contributed by atoms with Crippen LogP contribution < -0.4 is 11.7 Å². The second kappa shape index (κ2) is 3.53. The van der Waals surface area contributed by atoms with E-state index in [-0.39, 0.29) is 11.8 Å². The van der Waals surface area contributed by atoms with E-state index in [9.17, 15) is 5.11 Å². The van der Waals surface area contributed by atoms with E-state index < -0.39 is 0 Å². The summed E-state index contributed by atoms with van der Waals surface area (Å²) in [5, 5.41) is 14.2. The lowest BCUT2D eigenvalue weighted by Crippen LogP contribution is -2.43. The average Bonchev–Trinajstić information content (AvgIpc) is 2.45. The van der Waals surface area contributed by atoms with Crippen LogP contribution in [0.5, 0.6) is 0 Å². The number of hydrogen-bond acceptors (Lipinski definition) is 4. The van der Waals surface area contributed by atoms with Crippen molar-refractivity contribution in [3.63, 3.8) is 0 Å². The molecule has 1 atom stereocenters. The van der Waals surface area contributed by atoms with Gasteiger partial charge in [-0.3, -0.25) is 5.01 Å². The molecule has 0 amide bonds. The molecule has 1 saturated heterocycles. The molecular weight excluding hydrogens is 170 g/mol. The topological polar surface area (TPSA) is 91.1 Å². The largest absolute Gasteiger partial charge is 0.511 e. The highest BCUT2D eigenvalue weighted by atomic mass is 16.3. The van der Waals surface area contributed by atoms with Gasteiger partial charge in [0.1, 0.15) is 5.76 Å². The van der Waals surface area contributed by atoms with Crippen LogP contribution in [0.4, 0.5) is 0 Å². The van der Waals surface area contributed by atoms with Crippen LogP contribution >= 0.6 is 0 Å². The zero-order chi connectivity index (χ0) is 10.0. The predicted octanol–water partition coefficient (Wildman–Crippen LogP) is -0.832. The van der Waals surface area contributed by atoms with Gasteiger partial charge in [-0.2, -0.15) is 0 Å². The fourth-order valence-electron chi connectivity index (χ4n) is 1.28. The van der Waals surface area contributed by atoms with Gasteiger partial charge >= 0.3 is 0 Å². The first-order chi connectivity index (χ1) is 6.07. The van der Waals surface area contributed by atoms with Crippen molar-refractivity contribution in [3.8, 4) is 0 Å². The molecule has 0 radical (unpaired) electrons. The molecule has 1 rings (SSSR count). The summed E-state index contributed by atoms with van der Waals surface area (Å²) in [6, 6.07) is -0.212. The summed E-state index contributed by atoms with van der Waals surface area (Å²) in [4.78, 5) is 1.79. The Morgan fingerprint density at radius 3 is 2.77 bits per heavy atom. The van der Waals surface area contributed by atoms with E-state index in [1.54, 1.807) is 4.90 Å². The van der Waals surface area contributed by atoms with Gasteiger partial charge in [-0.25, -0.2) is 5.84 Å². The lowest BCUT2D eigenvalue weighted by atomic mass is 10.2. The Labute approximate surface area is 77.1 Å². The van der Waals surface area contributed by atoms with E-state index in [1.165, 1.54) is 5.01 Å². The molecule has 6 nitrogen and oxygen atoms in total. The molecule has 13 heavy (non-hydrogen) atoms. The van der Waals surface area contributed by atoms with Gasteiger partial charge in [0.15, 0.2) is 0 Å². The Morgan fingerprint density at radius 2 is 2.31 bits per heavy atom. The van der Waals surface area contributed by atoms with E-state index >= 15 is 0 Å². The lowest BCUT2D eigenvalue weighted by molar-refractivity contribution is 0.283. The van der Waals surface area contributed by atoms with Gasteiger partial charge in [0.2, 0.25) is 5.96 Å². The average molecular weight is 185 g/mol. The number of guanidine groups is 1. The Kier molecular flexibility index (Phi) is 2.62. The summed E-state index contributed by atoms with van der Waals surface area (Å²) >= 11 is 0. The minimum atomic E-state index is -0.212. The maximum Gasteiger partial charge on any atom is 0.233 e. The second-order valence-corrected chi connectivity index (χ2v) is 2.98. The third-order valence-corrected chi connectivity index (χ3v) is 2.16. The molecule has 0 saturated carbocycles. The summed E-state index contributed by atoms with van der Waals surface area (Å²) in [7, 11) is 0. The number of rotatable bonds is 2. The highest BCUT2D eigenvalue weighted by molar-refractivity contribution is 5.81. The van der Waals surface area contributed by atoms with Crippen molar-refractivity contribution >= 4 is 5.96 Å². The first-order valence-electron chi connectivity index (χ1n) is 4.02. The standard InChI is InChI=1S/C7H15N5O/c1-5(6(2)13)11-3-4-12(9)7(11)10-8/h5,13H,2-4,8-9H2,1H3/b10-7-. The van der Waals surface area contributed by atoms with E-state index in [0.717, 1.165) is 0 Å². The van der Waals surface area contributed by atoms with Crippen molar-refractivity contribution in [1.82, 2.24) is 9.91 Å². The summed E-state index contributed by atoms with van der Waals surface area (Å²) in [5.41, 5.74) is 0. The quantitative estimate of drug-likeness (QED) is 0.296. The minimum absolute atomic E-state index is 0.0800. The SMILES string of the molecule is C=C(O)C(C)N1CCN(N)/C1=N\N. The van der Waals surface area contributed by atoms with Gasteiger partial charge in [-0.05, 0) is 6.92 Å². The van der Waals surface area contributed by atoms with Crippen LogP contribution in [0.3, 0.4) is 0 Å². The molecule has 5 N–H and O–H groups in total. The van der Waals surface area contributed by atoms with Gasteiger partial charge in [0, 0.05) is 6.54 Å². The molecule has 6 heteroatoms. The first kappa shape index (κ1) is 9.66. The Morgan fingerprint density at radius 1 is 1.69 bits per heavy atom. The summed E-state index contributed by atoms with van der Waals surface area (Å²) in [6.45, 7) is 6.60. The monoisotopic (exact) mass is 185 g/mol. The van der Waals surface area contributed by atoms with Crippen LogP contribution in [-0.4, -0.2) is 40.1 Å². The lowest BCUT2D eigenvalue weighted by Gasteiger charge is -2.25. The van der Waals surface area contributed by atoms with E-state index in [2.05, 4.69) is 11.7 Å². The summed E-state index contributed by atoms with van der Waals surface area (Å²) in [5.74, 6) is 11.3. The van der Waals surface area contributed by atoms with Gasteiger partial charge in [0.25, 0.3) is 0 Å². The number of hydrazine groups is 1. The molecule has 1 heterocycles. The van der Waals surface area contributed by atoms with Crippen molar-refractivity contribution in [1.29, 1.82) is 0 Å². The molecule has 0 aromatic carbocycles.